The fourth-order valence-electron chi connectivity index (χ4n) is 4.08. The van der Waals surface area contributed by atoms with Crippen molar-refractivity contribution < 1.29 is 9.53 Å². The molecule has 2 aliphatic heterocycles. The van der Waals surface area contributed by atoms with Gasteiger partial charge in [-0.15, -0.1) is 5.10 Å². The first-order valence-corrected chi connectivity index (χ1v) is 10.3. The zero-order chi connectivity index (χ0) is 20.3. The molecule has 2 aliphatic rings. The Bertz CT molecular complexity index is 1010. The van der Waals surface area contributed by atoms with Gasteiger partial charge in [0.2, 0.25) is 5.91 Å². The molecule has 1 saturated heterocycles. The molecule has 0 radical (unpaired) electrons. The van der Waals surface area contributed by atoms with Crippen LogP contribution >= 0.6 is 0 Å². The summed E-state index contributed by atoms with van der Waals surface area (Å²) in [7, 11) is 0. The van der Waals surface area contributed by atoms with Crippen LogP contribution in [0.5, 0.6) is 5.75 Å². The molecular weight excluding hydrogens is 380 g/mol. The summed E-state index contributed by atoms with van der Waals surface area (Å²) >= 11 is 0. The summed E-state index contributed by atoms with van der Waals surface area (Å²) < 4.78 is 7.19. The average Bonchev–Trinajstić information content (AvgIpc) is 3.47. The summed E-state index contributed by atoms with van der Waals surface area (Å²) in [5, 5.41) is 11.2. The number of nitrogens with zero attached hydrogens (tertiary/aromatic N) is 6. The highest BCUT2D eigenvalue weighted by Crippen LogP contribution is 2.26. The van der Waals surface area contributed by atoms with Gasteiger partial charge in [-0.3, -0.25) is 9.69 Å². The first-order valence-electron chi connectivity index (χ1n) is 10.3. The van der Waals surface area contributed by atoms with E-state index in [0.717, 1.165) is 62.8 Å². The summed E-state index contributed by atoms with van der Waals surface area (Å²) in [6.07, 6.45) is 2.97. The van der Waals surface area contributed by atoms with E-state index in [0.29, 0.717) is 6.42 Å². The van der Waals surface area contributed by atoms with Crippen molar-refractivity contribution in [2.24, 2.45) is 0 Å². The number of piperazine rings is 1. The van der Waals surface area contributed by atoms with E-state index in [1.54, 1.807) is 11.0 Å². The molecule has 0 saturated carbocycles. The van der Waals surface area contributed by atoms with Crippen LogP contribution < -0.4 is 4.74 Å². The summed E-state index contributed by atoms with van der Waals surface area (Å²) in [5.41, 5.74) is 4.51. The number of fused-ring (bicyclic) bond motifs is 1. The normalized spacial score (nSPS) is 16.3. The smallest absolute Gasteiger partial charge is 0.227 e. The number of hydrogen-bond acceptors (Lipinski definition) is 6. The van der Waals surface area contributed by atoms with Crippen LogP contribution in [0.3, 0.4) is 0 Å². The summed E-state index contributed by atoms with van der Waals surface area (Å²) in [6, 6.07) is 14.3. The van der Waals surface area contributed by atoms with Gasteiger partial charge in [0.25, 0.3) is 0 Å². The molecule has 0 bridgehead atoms. The van der Waals surface area contributed by atoms with Crippen LogP contribution in [0, 0.1) is 0 Å². The third-order valence-corrected chi connectivity index (χ3v) is 5.79. The second-order valence-corrected chi connectivity index (χ2v) is 7.80. The first kappa shape index (κ1) is 18.7. The monoisotopic (exact) mass is 404 g/mol. The largest absolute Gasteiger partial charge is 0.493 e. The van der Waals surface area contributed by atoms with Crippen LogP contribution in [-0.2, 0) is 24.2 Å². The van der Waals surface area contributed by atoms with Gasteiger partial charge in [0.15, 0.2) is 0 Å². The highest BCUT2D eigenvalue weighted by molar-refractivity contribution is 5.79. The number of carbonyl (C=O) groups is 1. The predicted molar refractivity (Wildman–Crippen MR) is 110 cm³/mol. The zero-order valence-corrected chi connectivity index (χ0v) is 16.8. The molecule has 1 aromatic heterocycles. The minimum Gasteiger partial charge on any atom is -0.493 e. The van der Waals surface area contributed by atoms with Gasteiger partial charge in [-0.1, -0.05) is 24.3 Å². The number of rotatable bonds is 5. The van der Waals surface area contributed by atoms with Crippen LogP contribution in [0.15, 0.2) is 48.8 Å². The van der Waals surface area contributed by atoms with Gasteiger partial charge >= 0.3 is 0 Å². The van der Waals surface area contributed by atoms with Crippen LogP contribution in [0.4, 0.5) is 0 Å². The average molecular weight is 404 g/mol. The topological polar surface area (TPSA) is 76.4 Å². The van der Waals surface area contributed by atoms with Crippen LogP contribution in [0.1, 0.15) is 16.7 Å². The maximum absolute atomic E-state index is 12.7. The highest BCUT2D eigenvalue weighted by atomic mass is 16.5. The molecule has 5 rings (SSSR count). The van der Waals surface area contributed by atoms with Gasteiger partial charge in [0, 0.05) is 39.1 Å². The molecule has 3 aromatic rings. The molecule has 0 unspecified atom stereocenters. The maximum Gasteiger partial charge on any atom is 0.227 e. The quantitative estimate of drug-likeness (QED) is 0.641. The van der Waals surface area contributed by atoms with Gasteiger partial charge in [0.1, 0.15) is 12.1 Å². The molecule has 8 nitrogen and oxygen atoms in total. The fraction of sp³-hybridized carbons (Fsp3) is 0.364. The number of hydrogen-bond donors (Lipinski definition) is 0. The SMILES string of the molecule is O=C(Cc1ccc(-n2cnnn2)cc1)N1CCN(Cc2ccc3c(c2)CCO3)CC1. The van der Waals surface area contributed by atoms with E-state index < -0.39 is 0 Å². The summed E-state index contributed by atoms with van der Waals surface area (Å²) in [4.78, 5) is 17.1. The second-order valence-electron chi connectivity index (χ2n) is 7.80. The molecule has 1 fully saturated rings. The number of amides is 1. The molecule has 0 aliphatic carbocycles. The lowest BCUT2D eigenvalue weighted by atomic mass is 10.1. The van der Waals surface area contributed by atoms with E-state index in [4.69, 9.17) is 4.74 Å². The van der Waals surface area contributed by atoms with Gasteiger partial charge in [-0.25, -0.2) is 4.68 Å². The van der Waals surface area contributed by atoms with Crippen LogP contribution in [-0.4, -0.2) is 68.7 Å². The number of benzene rings is 2. The van der Waals surface area contributed by atoms with E-state index in [9.17, 15) is 4.79 Å². The maximum atomic E-state index is 12.7. The van der Waals surface area contributed by atoms with Gasteiger partial charge in [0.05, 0.1) is 18.7 Å². The molecule has 30 heavy (non-hydrogen) atoms. The fourth-order valence-corrected chi connectivity index (χ4v) is 4.08. The molecule has 2 aromatic carbocycles. The van der Waals surface area contributed by atoms with Crippen molar-refractivity contribution in [2.45, 2.75) is 19.4 Å². The van der Waals surface area contributed by atoms with Crippen LogP contribution in [0.25, 0.3) is 5.69 Å². The van der Waals surface area contributed by atoms with E-state index in [-0.39, 0.29) is 5.91 Å². The Labute approximate surface area is 175 Å². The number of ether oxygens (including phenoxy) is 1. The Hall–Kier alpha value is -3.26. The lowest BCUT2D eigenvalue weighted by molar-refractivity contribution is -0.132. The molecular formula is C22H24N6O2. The minimum absolute atomic E-state index is 0.180. The van der Waals surface area contributed by atoms with E-state index in [2.05, 4.69) is 38.6 Å². The predicted octanol–water partition coefficient (Wildman–Crippen LogP) is 1.48. The van der Waals surface area contributed by atoms with Crippen molar-refractivity contribution in [1.82, 2.24) is 30.0 Å². The van der Waals surface area contributed by atoms with E-state index >= 15 is 0 Å². The van der Waals surface area contributed by atoms with Crippen molar-refractivity contribution in [3.8, 4) is 11.4 Å². The van der Waals surface area contributed by atoms with Crippen molar-refractivity contribution >= 4 is 5.91 Å². The third-order valence-electron chi connectivity index (χ3n) is 5.79. The number of carbonyl (C=O) groups excluding carboxylic acids is 1. The Morgan fingerprint density at radius 3 is 2.57 bits per heavy atom. The summed E-state index contributed by atoms with van der Waals surface area (Å²) in [5.74, 6) is 1.21. The molecule has 154 valence electrons. The third kappa shape index (κ3) is 4.04. The Balaban J connectivity index is 1.12. The first-order chi connectivity index (χ1) is 14.7. The molecule has 0 N–H and O–H groups in total. The molecule has 1 amide bonds. The molecule has 0 atom stereocenters. The Morgan fingerprint density at radius 2 is 1.80 bits per heavy atom. The van der Waals surface area contributed by atoms with Gasteiger partial charge in [-0.05, 0) is 45.3 Å². The lowest BCUT2D eigenvalue weighted by Crippen LogP contribution is -2.48. The van der Waals surface area contributed by atoms with Crippen LogP contribution in [0.2, 0.25) is 0 Å². The standard InChI is InChI=1S/C22H24N6O2/c29-22(14-17-1-4-20(5-2-17)28-16-23-24-25-28)27-10-8-26(9-11-27)15-18-3-6-21-19(13-18)7-12-30-21/h1-6,13,16H,7-12,14-15H2. The highest BCUT2D eigenvalue weighted by Gasteiger charge is 2.22. The Kier molecular flexibility index (Phi) is 5.15. The Morgan fingerprint density at radius 1 is 1.00 bits per heavy atom. The van der Waals surface area contributed by atoms with Crippen molar-refractivity contribution in [1.29, 1.82) is 0 Å². The molecule has 3 heterocycles. The van der Waals surface area contributed by atoms with E-state index in [1.165, 1.54) is 11.1 Å². The second kappa shape index (κ2) is 8.23. The molecule has 8 heteroatoms. The molecule has 0 spiro atoms. The van der Waals surface area contributed by atoms with E-state index in [1.807, 2.05) is 29.2 Å². The summed E-state index contributed by atoms with van der Waals surface area (Å²) in [6.45, 7) is 5.06. The van der Waals surface area contributed by atoms with Gasteiger partial charge in [-0.2, -0.15) is 0 Å². The minimum atomic E-state index is 0.180. The lowest BCUT2D eigenvalue weighted by Gasteiger charge is -2.35. The number of tetrazole rings is 1. The van der Waals surface area contributed by atoms with Gasteiger partial charge < -0.3 is 9.64 Å². The number of aromatic nitrogens is 4. The zero-order valence-electron chi connectivity index (χ0n) is 16.8. The van der Waals surface area contributed by atoms with Crippen molar-refractivity contribution in [3.05, 3.63) is 65.5 Å². The van der Waals surface area contributed by atoms with Crippen molar-refractivity contribution in [3.63, 3.8) is 0 Å². The van der Waals surface area contributed by atoms with Crippen molar-refractivity contribution in [2.75, 3.05) is 32.8 Å².